The predicted octanol–water partition coefficient (Wildman–Crippen LogP) is 2.13. The van der Waals surface area contributed by atoms with E-state index in [1.54, 1.807) is 0 Å². The second-order valence-corrected chi connectivity index (χ2v) is 5.20. The largest absolute Gasteiger partial charge is 0.338 e. The van der Waals surface area contributed by atoms with E-state index in [9.17, 15) is 0 Å². The van der Waals surface area contributed by atoms with Gasteiger partial charge in [-0.3, -0.25) is 0 Å². The number of nitrogens with zero attached hydrogens (tertiary/aromatic N) is 2. The summed E-state index contributed by atoms with van der Waals surface area (Å²) in [6, 6.07) is 1.44. The molecule has 1 heterocycles. The molecule has 0 saturated heterocycles. The van der Waals surface area contributed by atoms with E-state index >= 15 is 0 Å². The van der Waals surface area contributed by atoms with Gasteiger partial charge in [-0.15, -0.1) is 0 Å². The first kappa shape index (κ1) is 11.6. The molecule has 1 aliphatic carbocycles. The molecule has 2 unspecified atom stereocenters. The van der Waals surface area contributed by atoms with Crippen LogP contribution in [-0.2, 0) is 13.5 Å². The summed E-state index contributed by atoms with van der Waals surface area (Å²) in [6.07, 6.45) is 8.94. The van der Waals surface area contributed by atoms with Crippen LogP contribution in [0.5, 0.6) is 0 Å². The summed E-state index contributed by atoms with van der Waals surface area (Å²) >= 11 is 0. The van der Waals surface area contributed by atoms with E-state index in [2.05, 4.69) is 35.8 Å². The average Bonchev–Trinajstić information content (AvgIpc) is 2.97. The van der Waals surface area contributed by atoms with Crippen molar-refractivity contribution in [1.82, 2.24) is 14.9 Å². The van der Waals surface area contributed by atoms with Crippen LogP contribution in [0.1, 0.15) is 38.9 Å². The van der Waals surface area contributed by atoms with Crippen LogP contribution in [0.25, 0.3) is 0 Å². The molecule has 1 aliphatic rings. The molecule has 16 heavy (non-hydrogen) atoms. The highest BCUT2D eigenvalue weighted by Gasteiger charge is 2.24. The maximum Gasteiger partial charge on any atom is 0.108 e. The minimum atomic E-state index is 0.632. The van der Waals surface area contributed by atoms with Gasteiger partial charge < -0.3 is 9.88 Å². The maximum absolute atomic E-state index is 4.36. The summed E-state index contributed by atoms with van der Waals surface area (Å²) in [5, 5.41) is 3.67. The van der Waals surface area contributed by atoms with E-state index in [-0.39, 0.29) is 0 Å². The normalized spacial score (nSPS) is 19.7. The topological polar surface area (TPSA) is 29.9 Å². The highest BCUT2D eigenvalue weighted by molar-refractivity contribution is 4.92. The van der Waals surface area contributed by atoms with Crippen molar-refractivity contribution >= 4 is 0 Å². The van der Waals surface area contributed by atoms with Gasteiger partial charge in [-0.25, -0.2) is 4.98 Å². The Hall–Kier alpha value is -0.830. The first-order valence-electron chi connectivity index (χ1n) is 6.39. The van der Waals surface area contributed by atoms with Gasteiger partial charge in [0.15, 0.2) is 0 Å². The second kappa shape index (κ2) is 5.00. The molecule has 0 bridgehead atoms. The zero-order valence-electron chi connectivity index (χ0n) is 10.6. The van der Waals surface area contributed by atoms with Crippen LogP contribution in [-0.4, -0.2) is 21.6 Å². The van der Waals surface area contributed by atoms with Gasteiger partial charge in [-0.05, 0) is 32.1 Å². The van der Waals surface area contributed by atoms with Gasteiger partial charge in [0.05, 0.1) is 0 Å². The minimum Gasteiger partial charge on any atom is -0.338 e. The molecule has 3 heteroatoms. The fraction of sp³-hybridized carbons (Fsp3) is 0.769. The molecule has 1 saturated carbocycles. The summed E-state index contributed by atoms with van der Waals surface area (Å²) < 4.78 is 2.12. The van der Waals surface area contributed by atoms with E-state index in [1.807, 2.05) is 12.4 Å². The lowest BCUT2D eigenvalue weighted by atomic mass is 9.97. The molecule has 1 N–H and O–H groups in total. The molecule has 2 rings (SSSR count). The maximum atomic E-state index is 4.36. The minimum absolute atomic E-state index is 0.632. The highest BCUT2D eigenvalue weighted by Crippen LogP contribution is 2.22. The van der Waals surface area contributed by atoms with Crippen molar-refractivity contribution in [3.05, 3.63) is 18.2 Å². The summed E-state index contributed by atoms with van der Waals surface area (Å²) in [5.74, 6) is 1.92. The number of imidazole rings is 1. The van der Waals surface area contributed by atoms with Gasteiger partial charge in [0, 0.05) is 37.9 Å². The monoisotopic (exact) mass is 221 g/mol. The summed E-state index contributed by atoms with van der Waals surface area (Å²) in [7, 11) is 2.07. The van der Waals surface area contributed by atoms with Crippen LogP contribution in [0.2, 0.25) is 0 Å². The van der Waals surface area contributed by atoms with Crippen LogP contribution in [0.4, 0.5) is 0 Å². The van der Waals surface area contributed by atoms with Gasteiger partial charge in [0.25, 0.3) is 0 Å². The van der Waals surface area contributed by atoms with Crippen molar-refractivity contribution in [3.8, 4) is 0 Å². The van der Waals surface area contributed by atoms with Crippen molar-refractivity contribution in [2.45, 2.75) is 51.6 Å². The van der Waals surface area contributed by atoms with E-state index in [0.717, 1.165) is 18.4 Å². The van der Waals surface area contributed by atoms with Gasteiger partial charge in [0.1, 0.15) is 5.82 Å². The van der Waals surface area contributed by atoms with Gasteiger partial charge in [-0.1, -0.05) is 6.92 Å². The molecule has 0 aliphatic heterocycles. The Labute approximate surface area is 98.3 Å². The van der Waals surface area contributed by atoms with Crippen LogP contribution in [0.15, 0.2) is 12.4 Å². The Morgan fingerprint density at radius 3 is 2.81 bits per heavy atom. The molecule has 1 fully saturated rings. The smallest absolute Gasteiger partial charge is 0.108 e. The van der Waals surface area contributed by atoms with Crippen molar-refractivity contribution < 1.29 is 0 Å². The number of rotatable bonds is 6. The third-order valence-electron chi connectivity index (χ3n) is 3.67. The van der Waals surface area contributed by atoms with E-state index in [1.165, 1.54) is 25.1 Å². The SMILES string of the molecule is CC(CCc1nccn1C)C(C)NC1CC1. The Morgan fingerprint density at radius 1 is 1.50 bits per heavy atom. The lowest BCUT2D eigenvalue weighted by Crippen LogP contribution is -2.34. The standard InChI is InChI=1S/C13H23N3/c1-10(11(2)15-12-5-6-12)4-7-13-14-8-9-16(13)3/h8-12,15H,4-7H2,1-3H3. The van der Waals surface area contributed by atoms with Gasteiger partial charge in [0.2, 0.25) is 0 Å². The van der Waals surface area contributed by atoms with Crippen molar-refractivity contribution in [2.75, 3.05) is 0 Å². The second-order valence-electron chi connectivity index (χ2n) is 5.20. The average molecular weight is 221 g/mol. The predicted molar refractivity (Wildman–Crippen MR) is 66.3 cm³/mol. The van der Waals surface area contributed by atoms with Gasteiger partial charge >= 0.3 is 0 Å². The molecule has 0 radical (unpaired) electrons. The van der Waals surface area contributed by atoms with Crippen molar-refractivity contribution in [2.24, 2.45) is 13.0 Å². The van der Waals surface area contributed by atoms with E-state index in [0.29, 0.717) is 6.04 Å². The summed E-state index contributed by atoms with van der Waals surface area (Å²) in [5.41, 5.74) is 0. The lowest BCUT2D eigenvalue weighted by Gasteiger charge is -2.21. The van der Waals surface area contributed by atoms with Crippen LogP contribution in [0.3, 0.4) is 0 Å². The van der Waals surface area contributed by atoms with Gasteiger partial charge in [-0.2, -0.15) is 0 Å². The Balaban J connectivity index is 1.74. The molecule has 3 nitrogen and oxygen atoms in total. The summed E-state index contributed by atoms with van der Waals surface area (Å²) in [4.78, 5) is 4.36. The quantitative estimate of drug-likeness (QED) is 0.797. The third-order valence-corrected chi connectivity index (χ3v) is 3.67. The number of aryl methyl sites for hydroxylation is 2. The zero-order valence-corrected chi connectivity index (χ0v) is 10.6. The number of hydrogen-bond acceptors (Lipinski definition) is 2. The molecule has 0 amide bonds. The number of hydrogen-bond donors (Lipinski definition) is 1. The Kier molecular flexibility index (Phi) is 3.64. The fourth-order valence-electron chi connectivity index (χ4n) is 2.03. The molecule has 0 aromatic carbocycles. The zero-order chi connectivity index (χ0) is 11.5. The van der Waals surface area contributed by atoms with Crippen LogP contribution in [0, 0.1) is 5.92 Å². The van der Waals surface area contributed by atoms with E-state index in [4.69, 9.17) is 0 Å². The molecule has 0 spiro atoms. The van der Waals surface area contributed by atoms with Crippen LogP contribution >= 0.6 is 0 Å². The molecule has 1 aromatic heterocycles. The first-order valence-corrected chi connectivity index (χ1v) is 6.39. The Morgan fingerprint density at radius 2 is 2.25 bits per heavy atom. The Bertz CT molecular complexity index is 328. The number of nitrogens with one attached hydrogen (secondary N) is 1. The lowest BCUT2D eigenvalue weighted by molar-refractivity contribution is 0.374. The molecule has 1 aromatic rings. The van der Waals surface area contributed by atoms with Crippen LogP contribution < -0.4 is 5.32 Å². The number of aromatic nitrogens is 2. The molecular weight excluding hydrogens is 198 g/mol. The first-order chi connectivity index (χ1) is 7.66. The molecule has 90 valence electrons. The highest BCUT2D eigenvalue weighted by atomic mass is 15.0. The molecular formula is C13H23N3. The van der Waals surface area contributed by atoms with Crippen molar-refractivity contribution in [1.29, 1.82) is 0 Å². The molecule has 2 atom stereocenters. The fourth-order valence-corrected chi connectivity index (χ4v) is 2.03. The third kappa shape index (κ3) is 3.08. The van der Waals surface area contributed by atoms with Crippen molar-refractivity contribution in [3.63, 3.8) is 0 Å². The summed E-state index contributed by atoms with van der Waals surface area (Å²) in [6.45, 7) is 4.64. The van der Waals surface area contributed by atoms with E-state index < -0.39 is 0 Å².